The Morgan fingerprint density at radius 3 is 2.64 bits per heavy atom. The lowest BCUT2D eigenvalue weighted by molar-refractivity contribution is 0.231. The molecule has 0 fully saturated rings. The maximum atomic E-state index is 5.33. The predicted molar refractivity (Wildman–Crippen MR) is 46.9 cm³/mol. The summed E-state index contributed by atoms with van der Waals surface area (Å²) in [4.78, 5) is 4.41. The summed E-state index contributed by atoms with van der Waals surface area (Å²) in [5, 5.41) is 0. The second-order valence-electron chi connectivity index (χ2n) is 3.61. The molecule has 62 valence electrons. The Morgan fingerprint density at radius 2 is 2.27 bits per heavy atom. The van der Waals surface area contributed by atoms with Crippen molar-refractivity contribution < 1.29 is 4.74 Å². The van der Waals surface area contributed by atoms with Crippen LogP contribution in [-0.2, 0) is 4.74 Å². The molecule has 0 aromatic carbocycles. The molecule has 0 saturated heterocycles. The Hall–Kier alpha value is -0.790. The highest BCUT2D eigenvalue weighted by Gasteiger charge is 2.22. The summed E-state index contributed by atoms with van der Waals surface area (Å²) in [7, 11) is 0. The molecule has 0 spiro atoms. The van der Waals surface area contributed by atoms with Crippen molar-refractivity contribution in [2.24, 2.45) is 4.99 Å². The van der Waals surface area contributed by atoms with Crippen LogP contribution in [0.25, 0.3) is 0 Å². The maximum Gasteiger partial charge on any atom is 0.211 e. The maximum absolute atomic E-state index is 5.33. The first kappa shape index (κ1) is 8.31. The molecule has 0 radical (unpaired) electrons. The van der Waals surface area contributed by atoms with Gasteiger partial charge in [-0.25, -0.2) is 4.99 Å². The smallest absolute Gasteiger partial charge is 0.211 e. The zero-order valence-corrected chi connectivity index (χ0v) is 7.48. The Kier molecular flexibility index (Phi) is 2.03. The summed E-state index contributed by atoms with van der Waals surface area (Å²) < 4.78 is 5.33. The highest BCUT2D eigenvalue weighted by molar-refractivity contribution is 5.92. The molecular formula is C9H15NO. The SMILES string of the molecule is C=C(C)C1=NC(C)(C)CCO1. The lowest BCUT2D eigenvalue weighted by Gasteiger charge is -2.26. The molecule has 1 aliphatic rings. The van der Waals surface area contributed by atoms with Crippen molar-refractivity contribution in [3.8, 4) is 0 Å². The molecule has 0 aromatic heterocycles. The van der Waals surface area contributed by atoms with Crippen LogP contribution in [0.2, 0.25) is 0 Å². The van der Waals surface area contributed by atoms with E-state index in [0.29, 0.717) is 0 Å². The standard InChI is InChI=1S/C9H15NO/c1-7(2)8-10-9(3,4)5-6-11-8/h1,5-6H2,2-4H3. The third-order valence-corrected chi connectivity index (χ3v) is 1.72. The first-order valence-electron chi connectivity index (χ1n) is 3.90. The first-order chi connectivity index (χ1) is 5.01. The Bertz CT molecular complexity index is 204. The van der Waals surface area contributed by atoms with Gasteiger partial charge in [0.2, 0.25) is 5.90 Å². The third-order valence-electron chi connectivity index (χ3n) is 1.72. The van der Waals surface area contributed by atoms with Crippen LogP contribution in [0.5, 0.6) is 0 Å². The minimum absolute atomic E-state index is 0.0343. The Balaban J connectivity index is 2.81. The minimum Gasteiger partial charge on any atom is -0.478 e. The van der Waals surface area contributed by atoms with Gasteiger partial charge in [0.15, 0.2) is 0 Å². The summed E-state index contributed by atoms with van der Waals surface area (Å²) in [6, 6.07) is 0. The number of rotatable bonds is 1. The highest BCUT2D eigenvalue weighted by atomic mass is 16.5. The summed E-state index contributed by atoms with van der Waals surface area (Å²) in [6.07, 6.45) is 0.990. The van der Waals surface area contributed by atoms with Crippen molar-refractivity contribution in [1.29, 1.82) is 0 Å². The van der Waals surface area contributed by atoms with Crippen molar-refractivity contribution in [3.05, 3.63) is 12.2 Å². The first-order valence-corrected chi connectivity index (χ1v) is 3.90. The van der Waals surface area contributed by atoms with Crippen LogP contribution in [-0.4, -0.2) is 18.0 Å². The number of aliphatic imine (C=N–C) groups is 1. The van der Waals surface area contributed by atoms with Crippen LogP contribution in [0.4, 0.5) is 0 Å². The molecule has 2 heteroatoms. The molecule has 1 aliphatic heterocycles. The second-order valence-corrected chi connectivity index (χ2v) is 3.61. The van der Waals surface area contributed by atoms with Crippen LogP contribution in [0.15, 0.2) is 17.1 Å². The van der Waals surface area contributed by atoms with Crippen LogP contribution in [0.3, 0.4) is 0 Å². The van der Waals surface area contributed by atoms with Gasteiger partial charge in [-0.2, -0.15) is 0 Å². The number of hydrogen-bond donors (Lipinski definition) is 0. The molecule has 0 saturated carbocycles. The van der Waals surface area contributed by atoms with E-state index in [-0.39, 0.29) is 5.54 Å². The monoisotopic (exact) mass is 153 g/mol. The zero-order chi connectivity index (χ0) is 8.48. The topological polar surface area (TPSA) is 21.6 Å². The van der Waals surface area contributed by atoms with Crippen molar-refractivity contribution >= 4 is 5.90 Å². The summed E-state index contributed by atoms with van der Waals surface area (Å²) >= 11 is 0. The second kappa shape index (κ2) is 2.68. The zero-order valence-electron chi connectivity index (χ0n) is 7.48. The van der Waals surface area contributed by atoms with Crippen molar-refractivity contribution in [2.45, 2.75) is 32.7 Å². The van der Waals surface area contributed by atoms with Gasteiger partial charge in [-0.05, 0) is 20.8 Å². The number of nitrogens with zero attached hydrogens (tertiary/aromatic N) is 1. The predicted octanol–water partition coefficient (Wildman–Crippen LogP) is 2.16. The Morgan fingerprint density at radius 1 is 1.64 bits per heavy atom. The van der Waals surface area contributed by atoms with Crippen LogP contribution in [0, 0.1) is 0 Å². The lowest BCUT2D eigenvalue weighted by Crippen LogP contribution is -2.28. The average molecular weight is 153 g/mol. The van der Waals surface area contributed by atoms with E-state index in [2.05, 4.69) is 25.4 Å². The third kappa shape index (κ3) is 2.07. The quantitative estimate of drug-likeness (QED) is 0.565. The lowest BCUT2D eigenvalue weighted by atomic mass is 10.0. The molecule has 0 bridgehead atoms. The van der Waals surface area contributed by atoms with Crippen molar-refractivity contribution in [3.63, 3.8) is 0 Å². The van der Waals surface area contributed by atoms with Gasteiger partial charge in [0.1, 0.15) is 0 Å². The molecule has 11 heavy (non-hydrogen) atoms. The van der Waals surface area contributed by atoms with Gasteiger partial charge in [-0.1, -0.05) is 6.58 Å². The average Bonchev–Trinajstić information content (AvgIpc) is 1.85. The number of ether oxygens (including phenoxy) is 1. The van der Waals surface area contributed by atoms with Gasteiger partial charge in [-0.3, -0.25) is 0 Å². The van der Waals surface area contributed by atoms with E-state index < -0.39 is 0 Å². The van der Waals surface area contributed by atoms with E-state index in [9.17, 15) is 0 Å². The minimum atomic E-state index is 0.0343. The van der Waals surface area contributed by atoms with Gasteiger partial charge >= 0.3 is 0 Å². The fraction of sp³-hybridized carbons (Fsp3) is 0.667. The van der Waals surface area contributed by atoms with Gasteiger partial charge in [0.05, 0.1) is 12.1 Å². The normalized spacial score (nSPS) is 21.9. The summed E-state index contributed by atoms with van der Waals surface area (Å²) in [5.41, 5.74) is 0.949. The molecule has 0 amide bonds. The fourth-order valence-electron chi connectivity index (χ4n) is 0.979. The van der Waals surface area contributed by atoms with Gasteiger partial charge in [0.25, 0.3) is 0 Å². The van der Waals surface area contributed by atoms with Crippen LogP contribution < -0.4 is 0 Å². The van der Waals surface area contributed by atoms with Crippen LogP contribution in [0.1, 0.15) is 27.2 Å². The molecular weight excluding hydrogens is 138 g/mol. The van der Waals surface area contributed by atoms with E-state index in [0.717, 1.165) is 24.5 Å². The molecule has 1 heterocycles. The van der Waals surface area contributed by atoms with Gasteiger partial charge in [-0.15, -0.1) is 0 Å². The van der Waals surface area contributed by atoms with Crippen molar-refractivity contribution in [2.75, 3.05) is 6.61 Å². The molecule has 0 unspecified atom stereocenters. The van der Waals surface area contributed by atoms with E-state index >= 15 is 0 Å². The highest BCUT2D eigenvalue weighted by Crippen LogP contribution is 2.20. The molecule has 2 nitrogen and oxygen atoms in total. The summed E-state index contributed by atoms with van der Waals surface area (Å²) in [6.45, 7) is 10.7. The fourth-order valence-corrected chi connectivity index (χ4v) is 0.979. The van der Waals surface area contributed by atoms with E-state index in [1.165, 1.54) is 0 Å². The van der Waals surface area contributed by atoms with Gasteiger partial charge < -0.3 is 4.74 Å². The molecule has 0 aliphatic carbocycles. The van der Waals surface area contributed by atoms with Gasteiger partial charge in [0, 0.05) is 12.0 Å². The molecule has 0 N–H and O–H groups in total. The number of hydrogen-bond acceptors (Lipinski definition) is 2. The molecule has 0 atom stereocenters. The molecule has 0 aromatic rings. The largest absolute Gasteiger partial charge is 0.478 e. The van der Waals surface area contributed by atoms with Crippen LogP contribution >= 0.6 is 0 Å². The van der Waals surface area contributed by atoms with E-state index in [1.54, 1.807) is 0 Å². The molecule has 1 rings (SSSR count). The Labute approximate surface area is 68.0 Å². The van der Waals surface area contributed by atoms with E-state index in [1.807, 2.05) is 6.92 Å². The van der Waals surface area contributed by atoms with Crippen molar-refractivity contribution in [1.82, 2.24) is 0 Å². The summed E-state index contributed by atoms with van der Waals surface area (Å²) in [5.74, 6) is 0.723. The van der Waals surface area contributed by atoms with E-state index in [4.69, 9.17) is 4.74 Å².